The SMILES string of the molecule is C/C(=C\CCCCC(=O)NO)C(=O)Nc1cccc2ccccc12. The van der Waals surface area contributed by atoms with Crippen LogP contribution in [0.1, 0.15) is 32.6 Å². The molecule has 0 aromatic heterocycles. The lowest BCUT2D eigenvalue weighted by Crippen LogP contribution is -2.17. The van der Waals surface area contributed by atoms with E-state index in [4.69, 9.17) is 5.21 Å². The first-order valence-electron chi connectivity index (χ1n) is 8.00. The maximum absolute atomic E-state index is 12.3. The van der Waals surface area contributed by atoms with Crippen molar-refractivity contribution in [1.29, 1.82) is 0 Å². The summed E-state index contributed by atoms with van der Waals surface area (Å²) in [6, 6.07) is 13.7. The highest BCUT2D eigenvalue weighted by molar-refractivity contribution is 6.08. The first-order chi connectivity index (χ1) is 11.6. The molecule has 0 radical (unpaired) electrons. The van der Waals surface area contributed by atoms with E-state index in [9.17, 15) is 9.59 Å². The van der Waals surface area contributed by atoms with Crippen LogP contribution in [-0.2, 0) is 9.59 Å². The summed E-state index contributed by atoms with van der Waals surface area (Å²) in [5.74, 6) is -0.510. The Morgan fingerprint density at radius 1 is 1.08 bits per heavy atom. The molecule has 2 aromatic rings. The van der Waals surface area contributed by atoms with Gasteiger partial charge >= 0.3 is 0 Å². The number of hydrogen-bond donors (Lipinski definition) is 3. The zero-order valence-corrected chi connectivity index (χ0v) is 13.7. The van der Waals surface area contributed by atoms with Crippen molar-refractivity contribution in [2.75, 3.05) is 5.32 Å². The number of anilines is 1. The molecule has 0 aliphatic carbocycles. The average Bonchev–Trinajstić information content (AvgIpc) is 2.61. The molecule has 5 nitrogen and oxygen atoms in total. The van der Waals surface area contributed by atoms with Crippen molar-refractivity contribution in [3.05, 3.63) is 54.1 Å². The molecule has 0 atom stereocenters. The average molecular weight is 326 g/mol. The Balaban J connectivity index is 1.91. The number of carbonyl (C=O) groups is 2. The lowest BCUT2D eigenvalue weighted by atomic mass is 10.1. The molecule has 2 aromatic carbocycles. The molecule has 0 fully saturated rings. The zero-order valence-electron chi connectivity index (χ0n) is 13.7. The maximum Gasteiger partial charge on any atom is 0.250 e. The van der Waals surface area contributed by atoms with Crippen molar-refractivity contribution < 1.29 is 14.8 Å². The van der Waals surface area contributed by atoms with Gasteiger partial charge in [0.1, 0.15) is 0 Å². The van der Waals surface area contributed by atoms with E-state index in [0.29, 0.717) is 18.4 Å². The third-order valence-corrected chi connectivity index (χ3v) is 3.83. The van der Waals surface area contributed by atoms with E-state index in [2.05, 4.69) is 5.32 Å². The first kappa shape index (κ1) is 17.7. The van der Waals surface area contributed by atoms with E-state index in [-0.39, 0.29) is 18.2 Å². The summed E-state index contributed by atoms with van der Waals surface area (Å²) in [5.41, 5.74) is 3.05. The monoisotopic (exact) mass is 326 g/mol. The van der Waals surface area contributed by atoms with Gasteiger partial charge < -0.3 is 5.32 Å². The highest BCUT2D eigenvalue weighted by Gasteiger charge is 2.07. The number of carbonyl (C=O) groups excluding carboxylic acids is 2. The molecule has 0 aliphatic heterocycles. The molecule has 0 unspecified atom stereocenters. The van der Waals surface area contributed by atoms with Gasteiger partial charge in [0.2, 0.25) is 5.91 Å². The summed E-state index contributed by atoms with van der Waals surface area (Å²) < 4.78 is 0. The van der Waals surface area contributed by atoms with Gasteiger partial charge in [0.25, 0.3) is 5.91 Å². The molecule has 0 spiro atoms. The zero-order chi connectivity index (χ0) is 17.4. The molecule has 0 bridgehead atoms. The third kappa shape index (κ3) is 4.93. The van der Waals surface area contributed by atoms with Crippen molar-refractivity contribution in [1.82, 2.24) is 5.48 Å². The minimum Gasteiger partial charge on any atom is -0.322 e. The number of nitrogens with one attached hydrogen (secondary N) is 2. The highest BCUT2D eigenvalue weighted by atomic mass is 16.5. The van der Waals surface area contributed by atoms with Gasteiger partial charge in [-0.3, -0.25) is 14.8 Å². The van der Waals surface area contributed by atoms with Crippen molar-refractivity contribution >= 4 is 28.3 Å². The normalized spacial score (nSPS) is 11.3. The lowest BCUT2D eigenvalue weighted by Gasteiger charge is -2.09. The Morgan fingerprint density at radius 3 is 2.62 bits per heavy atom. The van der Waals surface area contributed by atoms with Crippen molar-refractivity contribution in [2.45, 2.75) is 32.6 Å². The van der Waals surface area contributed by atoms with Gasteiger partial charge in [0, 0.05) is 23.1 Å². The molecule has 2 amide bonds. The quantitative estimate of drug-likeness (QED) is 0.313. The van der Waals surface area contributed by atoms with Gasteiger partial charge in [-0.15, -0.1) is 0 Å². The molecule has 24 heavy (non-hydrogen) atoms. The van der Waals surface area contributed by atoms with Gasteiger partial charge in [0.15, 0.2) is 0 Å². The summed E-state index contributed by atoms with van der Waals surface area (Å²) in [4.78, 5) is 23.2. The summed E-state index contributed by atoms with van der Waals surface area (Å²) >= 11 is 0. The molecular formula is C19H22N2O3. The van der Waals surface area contributed by atoms with E-state index in [1.54, 1.807) is 12.4 Å². The van der Waals surface area contributed by atoms with Crippen LogP contribution >= 0.6 is 0 Å². The fourth-order valence-electron chi connectivity index (χ4n) is 2.45. The van der Waals surface area contributed by atoms with Crippen LogP contribution in [-0.4, -0.2) is 17.0 Å². The predicted octanol–water partition coefficient (Wildman–Crippen LogP) is 3.79. The van der Waals surface area contributed by atoms with E-state index >= 15 is 0 Å². The van der Waals surface area contributed by atoms with Crippen LogP contribution in [0.5, 0.6) is 0 Å². The van der Waals surface area contributed by atoms with E-state index in [0.717, 1.165) is 22.9 Å². The van der Waals surface area contributed by atoms with Crippen LogP contribution in [0.3, 0.4) is 0 Å². The Hall–Kier alpha value is -2.66. The van der Waals surface area contributed by atoms with Crippen LogP contribution in [0.4, 0.5) is 5.69 Å². The summed E-state index contributed by atoms with van der Waals surface area (Å²) in [7, 11) is 0. The van der Waals surface area contributed by atoms with Crippen LogP contribution in [0, 0.1) is 0 Å². The fraction of sp³-hybridized carbons (Fsp3) is 0.263. The molecular weight excluding hydrogens is 304 g/mol. The van der Waals surface area contributed by atoms with Crippen LogP contribution < -0.4 is 10.8 Å². The molecule has 3 N–H and O–H groups in total. The lowest BCUT2D eigenvalue weighted by molar-refractivity contribution is -0.129. The Bertz CT molecular complexity index is 748. The number of fused-ring (bicyclic) bond motifs is 1. The van der Waals surface area contributed by atoms with Gasteiger partial charge in [-0.1, -0.05) is 42.5 Å². The molecule has 2 rings (SSSR count). The fourth-order valence-corrected chi connectivity index (χ4v) is 2.45. The topological polar surface area (TPSA) is 78.4 Å². The summed E-state index contributed by atoms with van der Waals surface area (Å²) in [6.45, 7) is 1.78. The van der Waals surface area contributed by atoms with Crippen molar-refractivity contribution in [3.8, 4) is 0 Å². The van der Waals surface area contributed by atoms with Crippen molar-refractivity contribution in [3.63, 3.8) is 0 Å². The number of benzene rings is 2. The third-order valence-electron chi connectivity index (χ3n) is 3.83. The predicted molar refractivity (Wildman–Crippen MR) is 94.7 cm³/mol. The van der Waals surface area contributed by atoms with E-state index in [1.165, 1.54) is 0 Å². The smallest absolute Gasteiger partial charge is 0.250 e. The molecule has 0 aliphatic rings. The Labute approximate surface area is 141 Å². The number of rotatable bonds is 7. The number of hydrogen-bond acceptors (Lipinski definition) is 3. The minimum atomic E-state index is -0.385. The molecule has 5 heteroatoms. The second-order valence-corrected chi connectivity index (χ2v) is 5.65. The standard InChI is InChI=1S/C19H22N2O3/c1-14(8-3-2-4-13-18(22)21-24)19(23)20-17-12-7-10-15-9-5-6-11-16(15)17/h5-12,24H,2-4,13H2,1H3,(H,20,23)(H,21,22)/b14-8+. The highest BCUT2D eigenvalue weighted by Crippen LogP contribution is 2.23. The van der Waals surface area contributed by atoms with Gasteiger partial charge in [-0.25, -0.2) is 5.48 Å². The van der Waals surface area contributed by atoms with Crippen LogP contribution in [0.25, 0.3) is 10.8 Å². The molecule has 0 heterocycles. The number of hydroxylamine groups is 1. The maximum atomic E-state index is 12.3. The number of unbranched alkanes of at least 4 members (excludes halogenated alkanes) is 2. The van der Waals surface area contributed by atoms with Gasteiger partial charge in [-0.2, -0.15) is 0 Å². The van der Waals surface area contributed by atoms with Gasteiger partial charge in [-0.05, 0) is 37.6 Å². The number of allylic oxidation sites excluding steroid dienone is 1. The van der Waals surface area contributed by atoms with Gasteiger partial charge in [0.05, 0.1) is 0 Å². The molecule has 0 saturated carbocycles. The minimum absolute atomic E-state index is 0.126. The van der Waals surface area contributed by atoms with Crippen LogP contribution in [0.15, 0.2) is 54.1 Å². The first-order valence-corrected chi connectivity index (χ1v) is 8.00. The Kier molecular flexibility index (Phi) is 6.51. The Morgan fingerprint density at radius 2 is 1.83 bits per heavy atom. The summed E-state index contributed by atoms with van der Waals surface area (Å²) in [5, 5.41) is 13.4. The van der Waals surface area contributed by atoms with E-state index in [1.807, 2.05) is 48.5 Å². The number of amides is 2. The second-order valence-electron chi connectivity index (χ2n) is 5.65. The summed E-state index contributed by atoms with van der Waals surface area (Å²) in [6.07, 6.45) is 4.32. The van der Waals surface area contributed by atoms with Crippen molar-refractivity contribution in [2.24, 2.45) is 0 Å². The molecule has 126 valence electrons. The molecule has 0 saturated heterocycles. The second kappa shape index (κ2) is 8.84. The van der Waals surface area contributed by atoms with Crippen LogP contribution in [0.2, 0.25) is 0 Å². The van der Waals surface area contributed by atoms with E-state index < -0.39 is 0 Å². The largest absolute Gasteiger partial charge is 0.322 e.